The third-order valence-corrected chi connectivity index (χ3v) is 3.52. The van der Waals surface area contributed by atoms with Gasteiger partial charge in [-0.25, -0.2) is 0 Å². The molecule has 0 aromatic carbocycles. The molecule has 2 rings (SSSR count). The molecule has 0 bridgehead atoms. The van der Waals surface area contributed by atoms with Crippen LogP contribution in [0, 0.1) is 6.92 Å². The maximum Gasteiger partial charge on any atom is 0.164 e. The summed E-state index contributed by atoms with van der Waals surface area (Å²) >= 11 is 1.35. The molecular formula is C12H16N4OS. The van der Waals surface area contributed by atoms with E-state index in [0.29, 0.717) is 0 Å². The number of aryl methyl sites for hydroxylation is 2. The fraction of sp³-hybridized carbons (Fsp3) is 0.417. The molecule has 0 saturated heterocycles. The van der Waals surface area contributed by atoms with Crippen molar-refractivity contribution in [2.24, 2.45) is 0 Å². The highest BCUT2D eigenvalue weighted by molar-refractivity contribution is 7.10. The Hall–Kier alpha value is -1.69. The average Bonchev–Trinajstić information content (AvgIpc) is 2.94. The van der Waals surface area contributed by atoms with Gasteiger partial charge >= 0.3 is 0 Å². The van der Waals surface area contributed by atoms with Gasteiger partial charge in [-0.1, -0.05) is 0 Å². The van der Waals surface area contributed by atoms with Crippen molar-refractivity contribution >= 4 is 22.3 Å². The fourth-order valence-corrected chi connectivity index (χ4v) is 2.65. The molecule has 0 fully saturated rings. The Morgan fingerprint density at radius 2 is 2.39 bits per heavy atom. The zero-order valence-electron chi connectivity index (χ0n) is 10.5. The van der Waals surface area contributed by atoms with Crippen molar-refractivity contribution in [2.45, 2.75) is 26.8 Å². The number of anilines is 1. The molecule has 6 heteroatoms. The number of hydrogen-bond donors (Lipinski definition) is 1. The van der Waals surface area contributed by atoms with E-state index in [1.165, 1.54) is 11.5 Å². The Balaban J connectivity index is 1.85. The minimum atomic E-state index is 0.0656. The van der Waals surface area contributed by atoms with E-state index in [4.69, 9.17) is 0 Å². The summed E-state index contributed by atoms with van der Waals surface area (Å²) in [6.45, 7) is 5.11. The van der Waals surface area contributed by atoms with Gasteiger partial charge in [0, 0.05) is 25.5 Å². The molecule has 2 heterocycles. The Kier molecular flexibility index (Phi) is 4.09. The first-order chi connectivity index (χ1) is 8.68. The van der Waals surface area contributed by atoms with Crippen molar-refractivity contribution in [1.82, 2.24) is 14.2 Å². The molecule has 0 aliphatic heterocycles. The van der Waals surface area contributed by atoms with Crippen LogP contribution in [0.5, 0.6) is 0 Å². The van der Waals surface area contributed by atoms with Gasteiger partial charge in [0.15, 0.2) is 5.78 Å². The number of nitrogens with zero attached hydrogens (tertiary/aromatic N) is 3. The quantitative estimate of drug-likeness (QED) is 0.642. The van der Waals surface area contributed by atoms with E-state index in [1.54, 1.807) is 13.1 Å². The Morgan fingerprint density at radius 1 is 1.56 bits per heavy atom. The summed E-state index contributed by atoms with van der Waals surface area (Å²) in [4.78, 5) is 11.5. The van der Waals surface area contributed by atoms with Crippen molar-refractivity contribution in [1.29, 1.82) is 0 Å². The van der Waals surface area contributed by atoms with E-state index in [1.807, 2.05) is 23.9 Å². The molecule has 0 atom stereocenters. The number of nitrogens with one attached hydrogen (secondary N) is 1. The second kappa shape index (κ2) is 5.77. The van der Waals surface area contributed by atoms with Crippen LogP contribution in [0.4, 0.5) is 5.00 Å². The molecule has 0 amide bonds. The maximum absolute atomic E-state index is 11.5. The van der Waals surface area contributed by atoms with Crippen LogP contribution in [0.1, 0.15) is 29.4 Å². The first-order valence-corrected chi connectivity index (χ1v) is 6.64. The molecule has 18 heavy (non-hydrogen) atoms. The molecule has 0 aliphatic rings. The van der Waals surface area contributed by atoms with Crippen molar-refractivity contribution < 1.29 is 4.79 Å². The molecule has 0 spiro atoms. The summed E-state index contributed by atoms with van der Waals surface area (Å²) in [5.74, 6) is 0.0656. The van der Waals surface area contributed by atoms with Gasteiger partial charge in [0.1, 0.15) is 5.00 Å². The second-order valence-corrected chi connectivity index (χ2v) is 4.85. The zero-order valence-corrected chi connectivity index (χ0v) is 11.3. The Morgan fingerprint density at radius 3 is 3.06 bits per heavy atom. The molecule has 0 aliphatic carbocycles. The van der Waals surface area contributed by atoms with Crippen molar-refractivity contribution in [2.75, 3.05) is 11.9 Å². The van der Waals surface area contributed by atoms with Crippen LogP contribution in [0.3, 0.4) is 0 Å². The van der Waals surface area contributed by atoms with Crippen LogP contribution in [0.2, 0.25) is 0 Å². The smallest absolute Gasteiger partial charge is 0.164 e. The van der Waals surface area contributed by atoms with Crippen LogP contribution in [-0.2, 0) is 6.54 Å². The maximum atomic E-state index is 11.5. The number of ketones is 1. The van der Waals surface area contributed by atoms with Gasteiger partial charge in [-0.3, -0.25) is 9.48 Å². The van der Waals surface area contributed by atoms with E-state index in [-0.39, 0.29) is 5.78 Å². The van der Waals surface area contributed by atoms with Gasteiger partial charge in [0.25, 0.3) is 0 Å². The monoisotopic (exact) mass is 264 g/mol. The van der Waals surface area contributed by atoms with E-state index in [9.17, 15) is 4.79 Å². The highest BCUT2D eigenvalue weighted by Gasteiger charge is 2.13. The lowest BCUT2D eigenvalue weighted by Gasteiger charge is -2.05. The van der Waals surface area contributed by atoms with E-state index >= 15 is 0 Å². The van der Waals surface area contributed by atoms with Gasteiger partial charge in [-0.2, -0.15) is 9.47 Å². The third-order valence-electron chi connectivity index (χ3n) is 2.62. The Labute approximate surface area is 110 Å². The number of Topliss-reactive ketones (excluding diaryl/α,β-unsaturated/α-hetero) is 1. The van der Waals surface area contributed by atoms with E-state index in [0.717, 1.165) is 35.8 Å². The lowest BCUT2D eigenvalue weighted by atomic mass is 10.2. The third kappa shape index (κ3) is 2.95. The zero-order chi connectivity index (χ0) is 13.0. The van der Waals surface area contributed by atoms with Gasteiger partial charge in [-0.15, -0.1) is 0 Å². The lowest BCUT2D eigenvalue weighted by Crippen LogP contribution is -2.08. The molecule has 2 aromatic heterocycles. The van der Waals surface area contributed by atoms with Gasteiger partial charge < -0.3 is 5.32 Å². The second-order valence-electron chi connectivity index (χ2n) is 4.08. The van der Waals surface area contributed by atoms with Crippen LogP contribution in [0.15, 0.2) is 18.5 Å². The summed E-state index contributed by atoms with van der Waals surface area (Å²) in [5.41, 5.74) is 1.53. The SMILES string of the molecule is CC(=O)c1c(C)nsc1NCCCn1cccn1. The molecule has 2 aromatic rings. The predicted molar refractivity (Wildman–Crippen MR) is 72.2 cm³/mol. The number of hydrogen-bond acceptors (Lipinski definition) is 5. The largest absolute Gasteiger partial charge is 0.375 e. The standard InChI is InChI=1S/C12H16N4OS/c1-9-11(10(2)17)12(18-15-9)13-5-3-7-16-8-4-6-14-16/h4,6,8,13H,3,5,7H2,1-2H3. The molecular weight excluding hydrogens is 248 g/mol. The molecule has 5 nitrogen and oxygen atoms in total. The highest BCUT2D eigenvalue weighted by atomic mass is 32.1. The molecule has 0 radical (unpaired) electrons. The minimum Gasteiger partial charge on any atom is -0.375 e. The fourth-order valence-electron chi connectivity index (χ4n) is 1.78. The first kappa shape index (κ1) is 12.8. The van der Waals surface area contributed by atoms with Crippen molar-refractivity contribution in [3.63, 3.8) is 0 Å². The number of aromatic nitrogens is 3. The number of carbonyl (C=O) groups is 1. The Bertz CT molecular complexity index is 518. The first-order valence-electron chi connectivity index (χ1n) is 5.87. The number of carbonyl (C=O) groups excluding carboxylic acids is 1. The summed E-state index contributed by atoms with van der Waals surface area (Å²) in [5, 5.41) is 8.28. The number of rotatable bonds is 6. The molecule has 1 N–H and O–H groups in total. The van der Waals surface area contributed by atoms with Crippen molar-refractivity contribution in [3.05, 3.63) is 29.7 Å². The summed E-state index contributed by atoms with van der Waals surface area (Å²) < 4.78 is 6.10. The average molecular weight is 264 g/mol. The van der Waals surface area contributed by atoms with Gasteiger partial charge in [-0.05, 0) is 37.9 Å². The minimum absolute atomic E-state index is 0.0656. The summed E-state index contributed by atoms with van der Waals surface area (Å²) in [6, 6.07) is 1.91. The summed E-state index contributed by atoms with van der Waals surface area (Å²) in [6.07, 6.45) is 4.67. The topological polar surface area (TPSA) is 59.8 Å². The van der Waals surface area contributed by atoms with E-state index < -0.39 is 0 Å². The van der Waals surface area contributed by atoms with Gasteiger partial charge in [0.05, 0.1) is 11.3 Å². The van der Waals surface area contributed by atoms with Crippen LogP contribution in [0.25, 0.3) is 0 Å². The highest BCUT2D eigenvalue weighted by Crippen LogP contribution is 2.24. The van der Waals surface area contributed by atoms with Crippen LogP contribution < -0.4 is 5.32 Å². The van der Waals surface area contributed by atoms with E-state index in [2.05, 4.69) is 14.8 Å². The molecule has 0 saturated carbocycles. The van der Waals surface area contributed by atoms with Crippen LogP contribution >= 0.6 is 11.5 Å². The van der Waals surface area contributed by atoms with Crippen LogP contribution in [-0.4, -0.2) is 26.5 Å². The molecule has 0 unspecified atom stereocenters. The summed E-state index contributed by atoms with van der Waals surface area (Å²) in [7, 11) is 0. The normalized spacial score (nSPS) is 10.6. The lowest BCUT2D eigenvalue weighted by molar-refractivity contribution is 0.101. The predicted octanol–water partition coefficient (Wildman–Crippen LogP) is 2.35. The van der Waals surface area contributed by atoms with Crippen molar-refractivity contribution in [3.8, 4) is 0 Å². The van der Waals surface area contributed by atoms with Gasteiger partial charge in [0.2, 0.25) is 0 Å². The molecule has 96 valence electrons.